The van der Waals surface area contributed by atoms with E-state index in [0.717, 1.165) is 28.0 Å². The fourth-order valence-corrected chi connectivity index (χ4v) is 4.35. The standard InChI is InChI=1S/C27H26FN3O2/c1-15-11-22(12-16(2)25(15)33-5)27(30-17(3)26(29)31-27)21-8-6-7-20(13-21)23-14-19(18(4)32)9-10-24(23)28/h6-14H,1-5H3,(H2,29,31). The van der Waals surface area contributed by atoms with E-state index in [-0.39, 0.29) is 5.78 Å². The number of benzene rings is 3. The Labute approximate surface area is 192 Å². The molecule has 0 amide bonds. The number of rotatable bonds is 5. The molecule has 168 valence electrons. The minimum Gasteiger partial charge on any atom is -0.496 e. The van der Waals surface area contributed by atoms with Gasteiger partial charge in [-0.25, -0.2) is 14.4 Å². The molecule has 1 aliphatic rings. The maximum atomic E-state index is 14.8. The summed E-state index contributed by atoms with van der Waals surface area (Å²) in [7, 11) is 1.64. The number of carbonyl (C=O) groups excluding carboxylic acids is 1. The first-order valence-corrected chi connectivity index (χ1v) is 10.7. The van der Waals surface area contributed by atoms with Gasteiger partial charge in [0, 0.05) is 22.3 Å². The van der Waals surface area contributed by atoms with E-state index in [1.807, 2.05) is 57.2 Å². The molecule has 0 bridgehead atoms. The molecule has 3 aromatic carbocycles. The van der Waals surface area contributed by atoms with Crippen molar-refractivity contribution in [2.75, 3.05) is 7.11 Å². The number of aryl methyl sites for hydroxylation is 2. The molecule has 5 nitrogen and oxygen atoms in total. The van der Waals surface area contributed by atoms with Crippen LogP contribution in [0.15, 0.2) is 64.6 Å². The fourth-order valence-electron chi connectivity index (χ4n) is 4.35. The van der Waals surface area contributed by atoms with Crippen molar-refractivity contribution in [3.8, 4) is 16.9 Å². The topological polar surface area (TPSA) is 77.0 Å². The summed E-state index contributed by atoms with van der Waals surface area (Å²) in [5.41, 5.74) is 10.6. The number of amidine groups is 1. The van der Waals surface area contributed by atoms with E-state index in [0.29, 0.717) is 28.2 Å². The normalized spacial score (nSPS) is 17.5. The van der Waals surface area contributed by atoms with Crippen LogP contribution in [0.5, 0.6) is 5.75 Å². The van der Waals surface area contributed by atoms with Crippen molar-refractivity contribution in [2.45, 2.75) is 33.4 Å². The van der Waals surface area contributed by atoms with Crippen molar-refractivity contribution in [2.24, 2.45) is 15.7 Å². The zero-order chi connectivity index (χ0) is 23.9. The molecule has 1 atom stereocenters. The summed E-state index contributed by atoms with van der Waals surface area (Å²) in [6, 6.07) is 15.8. The Morgan fingerprint density at radius 1 is 0.970 bits per heavy atom. The monoisotopic (exact) mass is 443 g/mol. The first kappa shape index (κ1) is 22.4. The summed E-state index contributed by atoms with van der Waals surface area (Å²) in [5.74, 6) is 0.635. The molecular weight excluding hydrogens is 417 g/mol. The number of nitrogens with two attached hydrogens (primary N) is 1. The van der Waals surface area contributed by atoms with E-state index >= 15 is 0 Å². The number of hydrogen-bond acceptors (Lipinski definition) is 5. The summed E-state index contributed by atoms with van der Waals surface area (Å²) in [5, 5.41) is 0. The third-order valence-corrected chi connectivity index (χ3v) is 6.00. The third-order valence-electron chi connectivity index (χ3n) is 6.00. The lowest BCUT2D eigenvalue weighted by molar-refractivity contribution is 0.101. The molecule has 3 aromatic rings. The highest BCUT2D eigenvalue weighted by atomic mass is 19.1. The number of Topliss-reactive ketones (excluding diaryl/α,β-unsaturated/α-hetero) is 1. The Balaban J connectivity index is 1.94. The van der Waals surface area contributed by atoms with E-state index in [9.17, 15) is 9.18 Å². The van der Waals surface area contributed by atoms with Crippen LogP contribution in [0.3, 0.4) is 0 Å². The number of hydrogen-bond donors (Lipinski definition) is 1. The van der Waals surface area contributed by atoms with Crippen molar-refractivity contribution in [1.29, 1.82) is 0 Å². The van der Waals surface area contributed by atoms with Crippen molar-refractivity contribution in [3.63, 3.8) is 0 Å². The van der Waals surface area contributed by atoms with Crippen molar-refractivity contribution >= 4 is 17.3 Å². The Bertz CT molecular complexity index is 1300. The van der Waals surface area contributed by atoms with Gasteiger partial charge in [-0.05, 0) is 80.8 Å². The number of ether oxygens (including phenoxy) is 1. The third kappa shape index (κ3) is 3.82. The van der Waals surface area contributed by atoms with Crippen LogP contribution in [-0.4, -0.2) is 24.4 Å². The Hall–Kier alpha value is -3.80. The predicted octanol–water partition coefficient (Wildman–Crippen LogP) is 5.35. The minimum absolute atomic E-state index is 0.124. The Morgan fingerprint density at radius 3 is 2.24 bits per heavy atom. The first-order chi connectivity index (χ1) is 15.7. The highest BCUT2D eigenvalue weighted by Crippen LogP contribution is 2.42. The molecule has 4 rings (SSSR count). The van der Waals surface area contributed by atoms with Crippen molar-refractivity contribution < 1.29 is 13.9 Å². The number of nitrogens with zero attached hydrogens (tertiary/aromatic N) is 2. The number of ketones is 1. The van der Waals surface area contributed by atoms with Crippen LogP contribution in [0.25, 0.3) is 11.1 Å². The molecule has 1 heterocycles. The van der Waals surface area contributed by atoms with Gasteiger partial charge < -0.3 is 10.5 Å². The number of carbonyl (C=O) groups is 1. The van der Waals surface area contributed by atoms with Crippen molar-refractivity contribution in [1.82, 2.24) is 0 Å². The summed E-state index contributed by atoms with van der Waals surface area (Å²) < 4.78 is 20.3. The van der Waals surface area contributed by atoms with Crippen LogP contribution in [0.4, 0.5) is 4.39 Å². The van der Waals surface area contributed by atoms with Gasteiger partial charge in [0.05, 0.1) is 12.8 Å². The molecule has 2 N–H and O–H groups in total. The molecule has 1 unspecified atom stereocenters. The summed E-state index contributed by atoms with van der Waals surface area (Å²) in [6.45, 7) is 7.23. The molecule has 6 heteroatoms. The Morgan fingerprint density at radius 2 is 1.67 bits per heavy atom. The SMILES string of the molecule is COc1c(C)cc(C2(c3cccc(-c4cc(C(C)=O)ccc4F)c3)N=C(C)C(N)=N2)cc1C. The van der Waals surface area contributed by atoms with Gasteiger partial charge in [0.25, 0.3) is 0 Å². The van der Waals surface area contributed by atoms with Gasteiger partial charge in [0.1, 0.15) is 17.4 Å². The molecule has 0 aliphatic carbocycles. The van der Waals surface area contributed by atoms with E-state index in [4.69, 9.17) is 20.5 Å². The molecule has 0 aromatic heterocycles. The van der Waals surface area contributed by atoms with E-state index < -0.39 is 11.5 Å². The fraction of sp³-hybridized carbons (Fsp3) is 0.222. The summed E-state index contributed by atoms with van der Waals surface area (Å²) >= 11 is 0. The highest BCUT2D eigenvalue weighted by Gasteiger charge is 2.39. The van der Waals surface area contributed by atoms with Gasteiger partial charge in [0.2, 0.25) is 5.66 Å². The average molecular weight is 444 g/mol. The lowest BCUT2D eigenvalue weighted by Gasteiger charge is -2.26. The van der Waals surface area contributed by atoms with Crippen molar-refractivity contribution in [3.05, 3.63) is 88.2 Å². The van der Waals surface area contributed by atoms with E-state index in [1.165, 1.54) is 19.1 Å². The van der Waals surface area contributed by atoms with Crippen LogP contribution in [0.1, 0.15) is 46.5 Å². The molecule has 0 radical (unpaired) electrons. The first-order valence-electron chi connectivity index (χ1n) is 10.7. The molecular formula is C27H26FN3O2. The maximum absolute atomic E-state index is 14.8. The summed E-state index contributed by atoms with van der Waals surface area (Å²) in [4.78, 5) is 21.5. The lowest BCUT2D eigenvalue weighted by Crippen LogP contribution is -2.23. The zero-order valence-electron chi connectivity index (χ0n) is 19.4. The van der Waals surface area contributed by atoms with Crippen LogP contribution in [-0.2, 0) is 5.66 Å². The van der Waals surface area contributed by atoms with Gasteiger partial charge in [-0.3, -0.25) is 4.79 Å². The second-order valence-electron chi connectivity index (χ2n) is 8.34. The van der Waals surface area contributed by atoms with Gasteiger partial charge in [-0.1, -0.05) is 18.2 Å². The molecule has 0 spiro atoms. The zero-order valence-corrected chi connectivity index (χ0v) is 19.4. The average Bonchev–Trinajstić information content (AvgIpc) is 3.09. The summed E-state index contributed by atoms with van der Waals surface area (Å²) in [6.07, 6.45) is 0. The second-order valence-corrected chi connectivity index (χ2v) is 8.34. The van der Waals surface area contributed by atoms with Crippen LogP contribution < -0.4 is 10.5 Å². The molecule has 33 heavy (non-hydrogen) atoms. The van der Waals surface area contributed by atoms with Crippen LogP contribution in [0.2, 0.25) is 0 Å². The largest absolute Gasteiger partial charge is 0.496 e. The lowest BCUT2D eigenvalue weighted by atomic mass is 9.88. The molecule has 0 saturated heterocycles. The van der Waals surface area contributed by atoms with E-state index in [1.54, 1.807) is 13.2 Å². The molecule has 0 fully saturated rings. The number of methoxy groups -OCH3 is 1. The predicted molar refractivity (Wildman–Crippen MR) is 130 cm³/mol. The minimum atomic E-state index is -1.10. The maximum Gasteiger partial charge on any atom is 0.204 e. The quantitative estimate of drug-likeness (QED) is 0.540. The highest BCUT2D eigenvalue weighted by molar-refractivity contribution is 6.41. The van der Waals surface area contributed by atoms with Crippen LogP contribution in [0, 0.1) is 19.7 Å². The molecule has 1 aliphatic heterocycles. The smallest absolute Gasteiger partial charge is 0.204 e. The Kier molecular flexibility index (Phi) is 5.62. The second kappa shape index (κ2) is 8.28. The van der Waals surface area contributed by atoms with Gasteiger partial charge >= 0.3 is 0 Å². The number of halogens is 1. The van der Waals surface area contributed by atoms with Gasteiger partial charge in [-0.2, -0.15) is 0 Å². The molecule has 0 saturated carbocycles. The van der Waals surface area contributed by atoms with Crippen LogP contribution >= 0.6 is 0 Å². The van der Waals surface area contributed by atoms with Gasteiger partial charge in [-0.15, -0.1) is 0 Å². The van der Waals surface area contributed by atoms with Gasteiger partial charge in [0.15, 0.2) is 5.78 Å². The van der Waals surface area contributed by atoms with E-state index in [2.05, 4.69) is 0 Å². The number of aliphatic imine (C=N–C) groups is 2.